The second-order valence-corrected chi connectivity index (χ2v) is 7.78. The van der Waals surface area contributed by atoms with Crippen LogP contribution in [0.3, 0.4) is 0 Å². The minimum absolute atomic E-state index is 0.0191. The summed E-state index contributed by atoms with van der Waals surface area (Å²) in [6.07, 6.45) is 0.825. The topological polar surface area (TPSA) is 17.1 Å². The van der Waals surface area contributed by atoms with Gasteiger partial charge < -0.3 is 0 Å². The molecule has 1 nitrogen and oxygen atoms in total. The van der Waals surface area contributed by atoms with Gasteiger partial charge in [-0.05, 0) is 54.5 Å². The molecular formula is C23H24F2O. The summed E-state index contributed by atoms with van der Waals surface area (Å²) >= 11 is 0. The lowest BCUT2D eigenvalue weighted by atomic mass is 9.88. The third-order valence-electron chi connectivity index (χ3n) is 3.92. The highest BCUT2D eigenvalue weighted by atomic mass is 19.2. The molecule has 2 rings (SSSR count). The molecule has 2 aromatic rings. The predicted molar refractivity (Wildman–Crippen MR) is 102 cm³/mol. The Hall–Kier alpha value is -2.51. The molecule has 0 aliphatic rings. The van der Waals surface area contributed by atoms with E-state index in [0.29, 0.717) is 16.7 Å². The molecule has 0 heterocycles. The Morgan fingerprint density at radius 3 is 1.92 bits per heavy atom. The van der Waals surface area contributed by atoms with Crippen LogP contribution < -0.4 is 0 Å². The minimum Gasteiger partial charge on any atom is -0.295 e. The Morgan fingerprint density at radius 2 is 1.42 bits per heavy atom. The van der Waals surface area contributed by atoms with E-state index >= 15 is 0 Å². The van der Waals surface area contributed by atoms with Crippen molar-refractivity contribution in [1.29, 1.82) is 0 Å². The van der Waals surface area contributed by atoms with E-state index in [0.717, 1.165) is 23.6 Å². The van der Waals surface area contributed by atoms with Crippen molar-refractivity contribution in [2.45, 2.75) is 41.0 Å². The van der Waals surface area contributed by atoms with Crippen molar-refractivity contribution in [3.8, 4) is 0 Å². The standard InChI is InChI=1S/C23H24F2O/c1-15(14-23(3,4)5)12-20(19-10-11-21(24)22(25)13-19)18-8-6-17(7-9-18)16(2)26/h6-11,13H,14H2,1-5H3. The number of ketones is 1. The fraction of sp³-hybridized carbons (Fsp3) is 0.304. The molecular weight excluding hydrogens is 330 g/mol. The number of hydrogen-bond acceptors (Lipinski definition) is 1. The van der Waals surface area contributed by atoms with Crippen LogP contribution in [0, 0.1) is 17.0 Å². The van der Waals surface area contributed by atoms with Crippen LogP contribution in [0.2, 0.25) is 0 Å². The van der Waals surface area contributed by atoms with Crippen LogP contribution in [0.15, 0.2) is 53.8 Å². The molecule has 26 heavy (non-hydrogen) atoms. The van der Waals surface area contributed by atoms with Gasteiger partial charge in [0.1, 0.15) is 0 Å². The van der Waals surface area contributed by atoms with Crippen molar-refractivity contribution < 1.29 is 13.6 Å². The number of carbonyl (C=O) groups is 1. The first-order valence-electron chi connectivity index (χ1n) is 8.60. The van der Waals surface area contributed by atoms with Crippen molar-refractivity contribution in [2.75, 3.05) is 0 Å². The van der Waals surface area contributed by atoms with Gasteiger partial charge in [0.05, 0.1) is 0 Å². The molecule has 0 fully saturated rings. The maximum absolute atomic E-state index is 13.8. The number of benzene rings is 2. The molecule has 0 radical (unpaired) electrons. The summed E-state index contributed by atoms with van der Waals surface area (Å²) in [5.41, 5.74) is 7.11. The number of rotatable bonds is 4. The van der Waals surface area contributed by atoms with E-state index in [1.807, 2.05) is 19.1 Å². The molecule has 3 heteroatoms. The van der Waals surface area contributed by atoms with Crippen LogP contribution in [-0.2, 0) is 0 Å². The van der Waals surface area contributed by atoms with Gasteiger partial charge in [-0.25, -0.2) is 8.78 Å². The SMILES string of the molecule is CC(=O)c1ccc(C(=C=C(C)CC(C)(C)C)c2ccc(F)c(F)c2)cc1. The van der Waals surface area contributed by atoms with Crippen molar-refractivity contribution in [3.05, 3.63) is 82.1 Å². The average molecular weight is 354 g/mol. The van der Waals surface area contributed by atoms with E-state index < -0.39 is 11.6 Å². The third kappa shape index (κ3) is 5.24. The van der Waals surface area contributed by atoms with Crippen LogP contribution in [0.25, 0.3) is 5.57 Å². The Labute approximate surface area is 154 Å². The van der Waals surface area contributed by atoms with Gasteiger partial charge in [0.2, 0.25) is 0 Å². The second-order valence-electron chi connectivity index (χ2n) is 7.78. The lowest BCUT2D eigenvalue weighted by Gasteiger charge is -2.17. The summed E-state index contributed by atoms with van der Waals surface area (Å²) in [5, 5.41) is 0. The quantitative estimate of drug-likeness (QED) is 0.448. The molecule has 0 aliphatic heterocycles. The second kappa shape index (κ2) is 7.80. The van der Waals surface area contributed by atoms with Crippen molar-refractivity contribution >= 4 is 11.4 Å². The fourth-order valence-electron chi connectivity index (χ4n) is 2.89. The lowest BCUT2D eigenvalue weighted by Crippen LogP contribution is -2.04. The summed E-state index contributed by atoms with van der Waals surface area (Å²) in [6.45, 7) is 9.90. The van der Waals surface area contributed by atoms with Gasteiger partial charge in [0, 0.05) is 11.1 Å². The minimum atomic E-state index is -0.893. The molecule has 0 atom stereocenters. The summed E-state index contributed by atoms with van der Waals surface area (Å²) in [6, 6.07) is 10.9. The summed E-state index contributed by atoms with van der Waals surface area (Å²) in [5.74, 6) is -1.79. The summed E-state index contributed by atoms with van der Waals surface area (Å²) in [4.78, 5) is 11.5. The predicted octanol–water partition coefficient (Wildman–Crippen LogP) is 6.58. The van der Waals surface area contributed by atoms with E-state index in [1.54, 1.807) is 18.2 Å². The van der Waals surface area contributed by atoms with Gasteiger partial charge in [-0.15, -0.1) is 5.73 Å². The zero-order valence-electron chi connectivity index (χ0n) is 15.9. The fourth-order valence-corrected chi connectivity index (χ4v) is 2.89. The normalized spacial score (nSPS) is 11.0. The van der Waals surface area contributed by atoms with Crippen LogP contribution in [0.5, 0.6) is 0 Å². The van der Waals surface area contributed by atoms with Crippen molar-refractivity contribution in [1.82, 2.24) is 0 Å². The van der Waals surface area contributed by atoms with Gasteiger partial charge in [0.25, 0.3) is 0 Å². The molecule has 2 aromatic carbocycles. The molecule has 0 unspecified atom stereocenters. The Bertz CT molecular complexity index is 877. The van der Waals surface area contributed by atoms with E-state index in [-0.39, 0.29) is 11.2 Å². The van der Waals surface area contributed by atoms with Crippen LogP contribution in [0.4, 0.5) is 8.78 Å². The Morgan fingerprint density at radius 1 is 0.885 bits per heavy atom. The first kappa shape index (κ1) is 19.8. The highest BCUT2D eigenvalue weighted by molar-refractivity contribution is 5.94. The third-order valence-corrected chi connectivity index (χ3v) is 3.92. The molecule has 0 bridgehead atoms. The molecule has 0 aliphatic carbocycles. The van der Waals surface area contributed by atoms with Crippen molar-refractivity contribution in [2.24, 2.45) is 5.41 Å². The molecule has 0 saturated carbocycles. The number of halogens is 2. The van der Waals surface area contributed by atoms with Gasteiger partial charge in [-0.2, -0.15) is 0 Å². The maximum Gasteiger partial charge on any atom is 0.159 e. The molecule has 136 valence electrons. The highest BCUT2D eigenvalue weighted by Crippen LogP contribution is 2.28. The first-order valence-corrected chi connectivity index (χ1v) is 8.60. The first-order chi connectivity index (χ1) is 12.1. The molecule has 0 spiro atoms. The van der Waals surface area contributed by atoms with Crippen LogP contribution >= 0.6 is 0 Å². The van der Waals surface area contributed by atoms with Gasteiger partial charge in [-0.3, -0.25) is 4.79 Å². The number of hydrogen-bond donors (Lipinski definition) is 0. The van der Waals surface area contributed by atoms with E-state index in [4.69, 9.17) is 0 Å². The maximum atomic E-state index is 13.8. The largest absolute Gasteiger partial charge is 0.295 e. The zero-order valence-corrected chi connectivity index (χ0v) is 15.9. The van der Waals surface area contributed by atoms with Gasteiger partial charge in [0.15, 0.2) is 17.4 Å². The van der Waals surface area contributed by atoms with Crippen molar-refractivity contribution in [3.63, 3.8) is 0 Å². The van der Waals surface area contributed by atoms with E-state index in [1.165, 1.54) is 13.0 Å². The Kier molecular flexibility index (Phi) is 5.94. The number of Topliss-reactive ketones (excluding diaryl/α,β-unsaturated/α-hetero) is 1. The van der Waals surface area contributed by atoms with Crippen LogP contribution in [-0.4, -0.2) is 5.78 Å². The summed E-state index contributed by atoms with van der Waals surface area (Å²) < 4.78 is 27.1. The number of carbonyl (C=O) groups excluding carboxylic acids is 1. The Balaban J connectivity index is 2.63. The smallest absolute Gasteiger partial charge is 0.159 e. The lowest BCUT2D eigenvalue weighted by molar-refractivity contribution is 0.101. The van der Waals surface area contributed by atoms with E-state index in [2.05, 4.69) is 26.5 Å². The highest BCUT2D eigenvalue weighted by Gasteiger charge is 2.13. The van der Waals surface area contributed by atoms with Crippen LogP contribution in [0.1, 0.15) is 62.5 Å². The van der Waals surface area contributed by atoms with E-state index in [9.17, 15) is 13.6 Å². The molecule has 0 N–H and O–H groups in total. The molecule has 0 amide bonds. The zero-order chi connectivity index (χ0) is 19.5. The summed E-state index contributed by atoms with van der Waals surface area (Å²) in [7, 11) is 0. The average Bonchev–Trinajstić information content (AvgIpc) is 2.54. The molecule has 0 saturated heterocycles. The monoisotopic (exact) mass is 354 g/mol. The molecule has 0 aromatic heterocycles. The van der Waals surface area contributed by atoms with Gasteiger partial charge in [-0.1, -0.05) is 51.1 Å². The number of allylic oxidation sites excluding steroid dienone is 1. The van der Waals surface area contributed by atoms with Gasteiger partial charge >= 0.3 is 0 Å².